The predicted octanol–water partition coefficient (Wildman–Crippen LogP) is 5.11. The summed E-state index contributed by atoms with van der Waals surface area (Å²) in [6.07, 6.45) is -0.502. The van der Waals surface area contributed by atoms with Gasteiger partial charge in [-0.2, -0.15) is 0 Å². The summed E-state index contributed by atoms with van der Waals surface area (Å²) in [4.78, 5) is 36.8. The number of esters is 1. The van der Waals surface area contributed by atoms with E-state index in [1.165, 1.54) is 7.11 Å². The minimum atomic E-state index is -1.03. The van der Waals surface area contributed by atoms with Crippen molar-refractivity contribution in [1.82, 2.24) is 0 Å². The Bertz CT molecular complexity index is 931. The lowest BCUT2D eigenvalue weighted by Crippen LogP contribution is -2.27. The van der Waals surface area contributed by atoms with E-state index in [9.17, 15) is 14.4 Å². The maximum Gasteiger partial charge on any atom is 0.514 e. The first-order valence-electron chi connectivity index (χ1n) is 8.62. The molecule has 0 aromatic heterocycles. The zero-order chi connectivity index (χ0) is 21.8. The zero-order valence-corrected chi connectivity index (χ0v) is 18.3. The number of hydrogen-bond acceptors (Lipinski definition) is 7. The summed E-state index contributed by atoms with van der Waals surface area (Å²) in [6, 6.07) is 8.40. The molecule has 2 aromatic carbocycles. The normalized spacial score (nSPS) is 10.8. The van der Waals surface area contributed by atoms with Gasteiger partial charge in [0.1, 0.15) is 22.7 Å². The highest BCUT2D eigenvalue weighted by atomic mass is 79.9. The second kappa shape index (κ2) is 9.09. The molecular formula is C21H21BrO7. The van der Waals surface area contributed by atoms with Gasteiger partial charge >= 0.3 is 12.1 Å². The van der Waals surface area contributed by atoms with Gasteiger partial charge in [-0.25, -0.2) is 9.59 Å². The highest BCUT2D eigenvalue weighted by Gasteiger charge is 2.30. The van der Waals surface area contributed by atoms with E-state index in [2.05, 4.69) is 15.9 Å². The fourth-order valence-electron chi connectivity index (χ4n) is 2.53. The van der Waals surface area contributed by atoms with Crippen molar-refractivity contribution in [2.24, 2.45) is 0 Å². The molecule has 0 unspecified atom stereocenters. The van der Waals surface area contributed by atoms with Gasteiger partial charge in [-0.05, 0) is 55.8 Å². The maximum absolute atomic E-state index is 12.9. The van der Waals surface area contributed by atoms with Gasteiger partial charge in [-0.1, -0.05) is 18.2 Å². The van der Waals surface area contributed by atoms with Crippen LogP contribution in [0, 0.1) is 6.92 Å². The quantitative estimate of drug-likeness (QED) is 0.262. The van der Waals surface area contributed by atoms with Crippen LogP contribution in [0.15, 0.2) is 34.8 Å². The van der Waals surface area contributed by atoms with Crippen LogP contribution in [-0.4, -0.2) is 31.1 Å². The van der Waals surface area contributed by atoms with E-state index < -0.39 is 17.7 Å². The number of para-hydroxylation sites is 1. The molecule has 0 bridgehead atoms. The molecule has 0 N–H and O–H groups in total. The van der Waals surface area contributed by atoms with Crippen molar-refractivity contribution in [2.45, 2.75) is 33.3 Å². The summed E-state index contributed by atoms with van der Waals surface area (Å²) < 4.78 is 21.2. The highest BCUT2D eigenvalue weighted by molar-refractivity contribution is 9.10. The third-order valence-corrected chi connectivity index (χ3v) is 4.47. The van der Waals surface area contributed by atoms with E-state index in [1.807, 2.05) is 0 Å². The second-order valence-electron chi connectivity index (χ2n) is 6.98. The smallest absolute Gasteiger partial charge is 0.496 e. The molecule has 0 aliphatic carbocycles. The number of carbonyl (C=O) groups is 3. The van der Waals surface area contributed by atoms with Crippen molar-refractivity contribution in [1.29, 1.82) is 0 Å². The molecule has 0 spiro atoms. The fourth-order valence-corrected chi connectivity index (χ4v) is 3.08. The average molecular weight is 465 g/mol. The number of methoxy groups -OCH3 is 1. The molecule has 8 heteroatoms. The van der Waals surface area contributed by atoms with Crippen LogP contribution in [0.25, 0.3) is 0 Å². The predicted molar refractivity (Wildman–Crippen MR) is 109 cm³/mol. The maximum atomic E-state index is 12.9. The van der Waals surface area contributed by atoms with Crippen LogP contribution < -0.4 is 14.2 Å². The van der Waals surface area contributed by atoms with Crippen molar-refractivity contribution >= 4 is 34.3 Å². The monoisotopic (exact) mass is 464 g/mol. The van der Waals surface area contributed by atoms with Crippen molar-refractivity contribution in [3.63, 3.8) is 0 Å². The van der Waals surface area contributed by atoms with Crippen LogP contribution in [0.4, 0.5) is 4.79 Å². The topological polar surface area (TPSA) is 88.1 Å². The SMILES string of the molecule is COc1c(C)c(C(=O)Oc2ccccc2)c(OC(=O)OC(C)(C)C)c(Br)c1C=O. The molecule has 0 fully saturated rings. The molecule has 0 aliphatic heterocycles. The second-order valence-corrected chi connectivity index (χ2v) is 7.77. The number of halogens is 1. The van der Waals surface area contributed by atoms with Gasteiger partial charge in [-0.15, -0.1) is 0 Å². The summed E-state index contributed by atoms with van der Waals surface area (Å²) in [6.45, 7) is 6.57. The minimum absolute atomic E-state index is 0.0702. The summed E-state index contributed by atoms with van der Waals surface area (Å²) in [5, 5.41) is 0. The third-order valence-electron chi connectivity index (χ3n) is 3.68. The minimum Gasteiger partial charge on any atom is -0.496 e. The lowest BCUT2D eigenvalue weighted by Gasteiger charge is -2.21. The van der Waals surface area contributed by atoms with Crippen LogP contribution >= 0.6 is 15.9 Å². The summed E-state index contributed by atoms with van der Waals surface area (Å²) in [5.74, 6) is -0.526. The number of ether oxygens (including phenoxy) is 4. The van der Waals surface area contributed by atoms with E-state index >= 15 is 0 Å². The molecule has 0 atom stereocenters. The fraction of sp³-hybridized carbons (Fsp3) is 0.286. The number of hydrogen-bond donors (Lipinski definition) is 0. The first-order chi connectivity index (χ1) is 13.6. The van der Waals surface area contributed by atoms with Crippen molar-refractivity contribution in [2.75, 3.05) is 7.11 Å². The lowest BCUT2D eigenvalue weighted by molar-refractivity contribution is 0.0202. The van der Waals surface area contributed by atoms with Gasteiger partial charge in [0.25, 0.3) is 0 Å². The molecule has 0 aliphatic rings. The molecule has 0 amide bonds. The van der Waals surface area contributed by atoms with Gasteiger partial charge in [0, 0.05) is 5.56 Å². The Morgan fingerprint density at radius 3 is 2.17 bits per heavy atom. The van der Waals surface area contributed by atoms with Crippen molar-refractivity contribution in [3.05, 3.63) is 51.5 Å². The van der Waals surface area contributed by atoms with Gasteiger partial charge in [0.2, 0.25) is 0 Å². The van der Waals surface area contributed by atoms with Crippen LogP contribution in [-0.2, 0) is 4.74 Å². The van der Waals surface area contributed by atoms with Crippen LogP contribution in [0.3, 0.4) is 0 Å². The van der Waals surface area contributed by atoms with Crippen LogP contribution in [0.2, 0.25) is 0 Å². The Kier molecular flexibility index (Phi) is 7.02. The average Bonchev–Trinajstić information content (AvgIpc) is 2.63. The molecule has 0 saturated carbocycles. The summed E-state index contributed by atoms with van der Waals surface area (Å²) in [5.41, 5.74) is -0.533. The molecule has 2 aromatic rings. The van der Waals surface area contributed by atoms with Gasteiger partial charge < -0.3 is 18.9 Å². The molecule has 0 radical (unpaired) electrons. The van der Waals surface area contributed by atoms with Crippen LogP contribution in [0.1, 0.15) is 47.1 Å². The van der Waals surface area contributed by atoms with Crippen LogP contribution in [0.5, 0.6) is 17.2 Å². The standard InChI is InChI=1S/C21H21BrO7/c1-12-15(19(24)27-13-9-7-6-8-10-13)18(28-20(25)29-21(2,3)4)16(22)14(11-23)17(12)26-5/h6-11H,1-5H3. The third kappa shape index (κ3) is 5.35. The molecule has 0 heterocycles. The molecule has 29 heavy (non-hydrogen) atoms. The Morgan fingerprint density at radius 2 is 1.66 bits per heavy atom. The van der Waals surface area contributed by atoms with E-state index in [0.29, 0.717) is 12.0 Å². The van der Waals surface area contributed by atoms with Gasteiger partial charge in [0.05, 0.1) is 17.1 Å². The summed E-state index contributed by atoms with van der Waals surface area (Å²) in [7, 11) is 1.36. The largest absolute Gasteiger partial charge is 0.514 e. The molecular weight excluding hydrogens is 444 g/mol. The Labute approximate surface area is 177 Å². The number of rotatable bonds is 5. The Hall–Kier alpha value is -2.87. The van der Waals surface area contributed by atoms with Gasteiger partial charge in [-0.3, -0.25) is 4.79 Å². The first-order valence-corrected chi connectivity index (χ1v) is 9.41. The molecule has 2 rings (SSSR count). The number of aldehydes is 1. The molecule has 154 valence electrons. The molecule has 0 saturated heterocycles. The number of carbonyl (C=O) groups excluding carboxylic acids is 3. The van der Waals surface area contributed by atoms with E-state index in [1.54, 1.807) is 58.0 Å². The summed E-state index contributed by atoms with van der Waals surface area (Å²) >= 11 is 3.23. The van der Waals surface area contributed by atoms with E-state index in [4.69, 9.17) is 18.9 Å². The Balaban J connectivity index is 2.59. The first kappa shape index (κ1) is 22.4. The van der Waals surface area contributed by atoms with E-state index in [-0.39, 0.29) is 32.7 Å². The lowest BCUT2D eigenvalue weighted by atomic mass is 10.0. The van der Waals surface area contributed by atoms with Gasteiger partial charge in [0.15, 0.2) is 12.0 Å². The van der Waals surface area contributed by atoms with Crippen molar-refractivity contribution < 1.29 is 33.3 Å². The van der Waals surface area contributed by atoms with Crippen molar-refractivity contribution in [3.8, 4) is 17.2 Å². The van der Waals surface area contributed by atoms with E-state index in [0.717, 1.165) is 0 Å². The number of benzene rings is 2. The Morgan fingerprint density at radius 1 is 1.03 bits per heavy atom. The highest BCUT2D eigenvalue weighted by Crippen LogP contribution is 2.42. The molecule has 7 nitrogen and oxygen atoms in total. The zero-order valence-electron chi connectivity index (χ0n) is 16.7.